The fourth-order valence-electron chi connectivity index (χ4n) is 3.22. The summed E-state index contributed by atoms with van der Waals surface area (Å²) in [5, 5.41) is 9.06. The van der Waals surface area contributed by atoms with Crippen molar-refractivity contribution in [1.82, 2.24) is 25.5 Å². The van der Waals surface area contributed by atoms with Crippen LogP contribution < -0.4 is 20.9 Å². The number of urea groups is 1. The largest absolute Gasteiger partial charge is 0.352 e. The smallest absolute Gasteiger partial charge is 0.319 e. The van der Waals surface area contributed by atoms with E-state index in [0.29, 0.717) is 6.54 Å². The second-order valence-electron chi connectivity index (χ2n) is 7.37. The van der Waals surface area contributed by atoms with Gasteiger partial charge in [0.25, 0.3) is 0 Å². The van der Waals surface area contributed by atoms with Crippen molar-refractivity contribution >= 4 is 23.6 Å². The number of anilines is 2. The van der Waals surface area contributed by atoms with Gasteiger partial charge in [-0.3, -0.25) is 4.99 Å². The van der Waals surface area contributed by atoms with Crippen LogP contribution in [0.1, 0.15) is 19.4 Å². The van der Waals surface area contributed by atoms with Gasteiger partial charge in [-0.2, -0.15) is 0 Å². The number of guanidine groups is 1. The zero-order valence-corrected chi connectivity index (χ0v) is 17.8. The molecule has 2 aromatic rings. The van der Waals surface area contributed by atoms with Gasteiger partial charge in [0, 0.05) is 63.9 Å². The van der Waals surface area contributed by atoms with Crippen molar-refractivity contribution in [3.8, 4) is 0 Å². The van der Waals surface area contributed by atoms with E-state index in [2.05, 4.69) is 40.7 Å². The minimum absolute atomic E-state index is 0.0994. The molecule has 1 aromatic heterocycles. The molecule has 1 aliphatic rings. The third-order valence-corrected chi connectivity index (χ3v) is 4.71. The molecule has 3 rings (SSSR count). The van der Waals surface area contributed by atoms with Crippen molar-refractivity contribution in [1.29, 1.82) is 0 Å². The van der Waals surface area contributed by atoms with Crippen molar-refractivity contribution in [3.63, 3.8) is 0 Å². The minimum atomic E-state index is -0.198. The molecular formula is C21H30N8O. The maximum Gasteiger partial charge on any atom is 0.319 e. The first kappa shape index (κ1) is 21.4. The summed E-state index contributed by atoms with van der Waals surface area (Å²) >= 11 is 0. The van der Waals surface area contributed by atoms with E-state index in [-0.39, 0.29) is 12.1 Å². The third kappa shape index (κ3) is 6.07. The fourth-order valence-corrected chi connectivity index (χ4v) is 3.22. The SMILES string of the molecule is CN=C(NCc1ccc(NC(=O)NC(C)C)cc1)N1CCN(c2ncccn2)CC1. The predicted molar refractivity (Wildman–Crippen MR) is 120 cm³/mol. The summed E-state index contributed by atoms with van der Waals surface area (Å²) in [5.74, 6) is 1.65. The number of hydrogen-bond acceptors (Lipinski definition) is 5. The summed E-state index contributed by atoms with van der Waals surface area (Å²) in [6.07, 6.45) is 3.54. The topological polar surface area (TPSA) is 97.8 Å². The molecule has 30 heavy (non-hydrogen) atoms. The highest BCUT2D eigenvalue weighted by Gasteiger charge is 2.20. The number of aromatic nitrogens is 2. The molecule has 2 amide bonds. The van der Waals surface area contributed by atoms with Crippen LogP contribution >= 0.6 is 0 Å². The molecular weight excluding hydrogens is 380 g/mol. The lowest BCUT2D eigenvalue weighted by molar-refractivity contribution is 0.250. The Bertz CT molecular complexity index is 830. The number of hydrogen-bond donors (Lipinski definition) is 3. The normalized spacial score (nSPS) is 14.6. The molecule has 0 atom stereocenters. The number of amides is 2. The van der Waals surface area contributed by atoms with Crippen LogP contribution in [-0.4, -0.2) is 66.1 Å². The number of benzene rings is 1. The first-order valence-electron chi connectivity index (χ1n) is 10.2. The summed E-state index contributed by atoms with van der Waals surface area (Å²) in [6.45, 7) is 7.92. The highest BCUT2D eigenvalue weighted by molar-refractivity contribution is 5.89. The Balaban J connectivity index is 1.47. The molecule has 3 N–H and O–H groups in total. The van der Waals surface area contributed by atoms with Crippen LogP contribution in [0, 0.1) is 0 Å². The van der Waals surface area contributed by atoms with Gasteiger partial charge < -0.3 is 25.8 Å². The molecule has 0 radical (unpaired) electrons. The molecule has 1 aliphatic heterocycles. The van der Waals surface area contributed by atoms with Crippen LogP contribution in [0.5, 0.6) is 0 Å². The molecule has 0 spiro atoms. The second kappa shape index (κ2) is 10.4. The first-order chi connectivity index (χ1) is 14.5. The Hall–Kier alpha value is -3.36. The molecule has 9 nitrogen and oxygen atoms in total. The van der Waals surface area contributed by atoms with Gasteiger partial charge in [-0.25, -0.2) is 14.8 Å². The van der Waals surface area contributed by atoms with Gasteiger partial charge in [-0.15, -0.1) is 0 Å². The van der Waals surface area contributed by atoms with Crippen LogP contribution in [0.25, 0.3) is 0 Å². The van der Waals surface area contributed by atoms with E-state index in [1.807, 2.05) is 44.2 Å². The summed E-state index contributed by atoms with van der Waals surface area (Å²) in [4.78, 5) is 29.3. The average molecular weight is 411 g/mol. The molecule has 160 valence electrons. The molecule has 0 aliphatic carbocycles. The zero-order valence-electron chi connectivity index (χ0n) is 17.8. The second-order valence-corrected chi connectivity index (χ2v) is 7.37. The standard InChI is InChI=1S/C21H30N8O/c1-16(2)26-21(30)27-18-7-5-17(6-8-18)15-25-19(22-3)28-11-13-29(14-12-28)20-23-9-4-10-24-20/h4-10,16H,11-15H2,1-3H3,(H,22,25)(H2,26,27,30). The Labute approximate surface area is 177 Å². The Morgan fingerprint density at radius 1 is 1.10 bits per heavy atom. The highest BCUT2D eigenvalue weighted by atomic mass is 16.2. The number of carbonyl (C=O) groups excluding carboxylic acids is 1. The number of rotatable bonds is 5. The van der Waals surface area contributed by atoms with Gasteiger partial charge in [0.15, 0.2) is 5.96 Å². The lowest BCUT2D eigenvalue weighted by atomic mass is 10.2. The first-order valence-corrected chi connectivity index (χ1v) is 10.2. The van der Waals surface area contributed by atoms with E-state index in [1.165, 1.54) is 0 Å². The molecule has 1 fully saturated rings. The van der Waals surface area contributed by atoms with Crippen molar-refractivity contribution in [2.45, 2.75) is 26.4 Å². The maximum atomic E-state index is 11.8. The molecule has 0 bridgehead atoms. The quantitative estimate of drug-likeness (QED) is 0.515. The lowest BCUT2D eigenvalue weighted by Gasteiger charge is -2.36. The summed E-state index contributed by atoms with van der Waals surface area (Å²) in [6, 6.07) is 9.52. The Morgan fingerprint density at radius 3 is 2.37 bits per heavy atom. The summed E-state index contributed by atoms with van der Waals surface area (Å²) < 4.78 is 0. The molecule has 2 heterocycles. The summed E-state index contributed by atoms with van der Waals surface area (Å²) in [7, 11) is 1.80. The Kier molecular flexibility index (Phi) is 7.42. The minimum Gasteiger partial charge on any atom is -0.352 e. The maximum absolute atomic E-state index is 11.8. The Morgan fingerprint density at radius 2 is 1.77 bits per heavy atom. The van der Waals surface area contributed by atoms with Gasteiger partial charge in [0.1, 0.15) is 0 Å². The van der Waals surface area contributed by atoms with E-state index < -0.39 is 0 Å². The van der Waals surface area contributed by atoms with E-state index in [9.17, 15) is 4.79 Å². The number of aliphatic imine (C=N–C) groups is 1. The molecule has 0 saturated carbocycles. The van der Waals surface area contributed by atoms with Gasteiger partial charge in [0.05, 0.1) is 0 Å². The third-order valence-electron chi connectivity index (χ3n) is 4.71. The van der Waals surface area contributed by atoms with Crippen LogP contribution in [0.4, 0.5) is 16.4 Å². The molecule has 0 unspecified atom stereocenters. The van der Waals surface area contributed by atoms with Gasteiger partial charge in [0.2, 0.25) is 5.95 Å². The van der Waals surface area contributed by atoms with Gasteiger partial charge >= 0.3 is 6.03 Å². The van der Waals surface area contributed by atoms with Crippen LogP contribution in [0.15, 0.2) is 47.7 Å². The van der Waals surface area contributed by atoms with Crippen LogP contribution in [-0.2, 0) is 6.54 Å². The van der Waals surface area contributed by atoms with Gasteiger partial charge in [-0.1, -0.05) is 12.1 Å². The van der Waals surface area contributed by atoms with Crippen molar-refractivity contribution in [3.05, 3.63) is 48.3 Å². The summed E-state index contributed by atoms with van der Waals surface area (Å²) in [5.41, 5.74) is 1.88. The van der Waals surface area contributed by atoms with Crippen molar-refractivity contribution < 1.29 is 4.79 Å². The number of piperazine rings is 1. The highest BCUT2D eigenvalue weighted by Crippen LogP contribution is 2.11. The van der Waals surface area contributed by atoms with Crippen LogP contribution in [0.2, 0.25) is 0 Å². The zero-order chi connectivity index (χ0) is 21.3. The van der Waals surface area contributed by atoms with Gasteiger partial charge in [-0.05, 0) is 37.6 Å². The average Bonchev–Trinajstić information content (AvgIpc) is 2.76. The van der Waals surface area contributed by atoms with E-state index in [0.717, 1.165) is 49.3 Å². The number of nitrogens with one attached hydrogen (secondary N) is 3. The molecule has 9 heteroatoms. The number of carbonyl (C=O) groups is 1. The van der Waals surface area contributed by atoms with Crippen molar-refractivity contribution in [2.24, 2.45) is 4.99 Å². The monoisotopic (exact) mass is 410 g/mol. The molecule has 1 saturated heterocycles. The van der Waals surface area contributed by atoms with E-state index >= 15 is 0 Å². The molecule has 1 aromatic carbocycles. The number of nitrogens with zero attached hydrogens (tertiary/aromatic N) is 5. The predicted octanol–water partition coefficient (Wildman–Crippen LogP) is 1.90. The van der Waals surface area contributed by atoms with E-state index in [1.54, 1.807) is 19.4 Å². The van der Waals surface area contributed by atoms with Crippen molar-refractivity contribution in [2.75, 3.05) is 43.4 Å². The lowest BCUT2D eigenvalue weighted by Crippen LogP contribution is -2.52. The van der Waals surface area contributed by atoms with E-state index in [4.69, 9.17) is 0 Å². The fraction of sp³-hybridized carbons (Fsp3) is 0.429. The van der Waals surface area contributed by atoms with Crippen LogP contribution in [0.3, 0.4) is 0 Å².